The third-order valence-electron chi connectivity index (χ3n) is 8.34. The number of benzene rings is 6. The Morgan fingerprint density at radius 2 is 0.778 bits per heavy atom. The zero-order chi connectivity index (χ0) is 42.4. The molecule has 1 radical (unpaired) electrons. The minimum Gasteiger partial charge on any atom is -0.744 e. The normalized spacial score (nSPS) is 11.8. The van der Waals surface area contributed by atoms with Gasteiger partial charge in [-0.1, -0.05) is 24.3 Å². The second-order valence-electron chi connectivity index (χ2n) is 12.4. The van der Waals surface area contributed by atoms with Gasteiger partial charge < -0.3 is 28.8 Å². The maximum Gasteiger partial charge on any atom is 1.00 e. The van der Waals surface area contributed by atoms with Crippen LogP contribution < -0.4 is 129 Å². The summed E-state index contributed by atoms with van der Waals surface area (Å²) in [5.41, 5.74) is 1.61. The summed E-state index contributed by atoms with van der Waals surface area (Å²) in [5, 5.41) is 20.1. The molecule has 6 rings (SSSR count). The molecule has 0 aromatic heterocycles. The van der Waals surface area contributed by atoms with Crippen LogP contribution in [0.2, 0.25) is 0 Å². The van der Waals surface area contributed by atoms with Gasteiger partial charge in [-0.15, -0.1) is 0 Å². The van der Waals surface area contributed by atoms with Crippen LogP contribution in [0.15, 0.2) is 137 Å². The Labute approximate surface area is 475 Å². The van der Waals surface area contributed by atoms with E-state index < -0.39 is 66.1 Å². The number of nitrogens with one attached hydrogen (secondary N) is 2. The van der Waals surface area contributed by atoms with Crippen LogP contribution in [0.3, 0.4) is 0 Å². The fraction of sp³-hybridized carbons (Fsp3) is 0.0571. The maximum atomic E-state index is 12.8. The molecule has 0 bridgehead atoms. The first-order valence-electron chi connectivity index (χ1n) is 16.1. The molecular weight excluding hydrogens is 1020 g/mol. The van der Waals surface area contributed by atoms with Crippen LogP contribution in [0.5, 0.6) is 0 Å². The predicted octanol–water partition coefficient (Wildman–Crippen LogP) is -5.29. The van der Waals surface area contributed by atoms with E-state index in [0.717, 1.165) is 48.5 Å². The summed E-state index contributed by atoms with van der Waals surface area (Å²) >= 11 is 0. The summed E-state index contributed by atoms with van der Waals surface area (Å²) in [6, 6.07) is 18.8. The first kappa shape index (κ1) is 60.1. The van der Waals surface area contributed by atoms with Gasteiger partial charge in [-0.2, -0.15) is 20.5 Å². The molecule has 63 heavy (non-hydrogen) atoms. The molecular formula is C35H24N6Na4O13S4Y. The maximum absolute atomic E-state index is 12.8. The Balaban J connectivity index is 0.00000397. The van der Waals surface area contributed by atoms with E-state index in [2.05, 4.69) is 31.1 Å². The molecule has 0 aliphatic rings. The number of nitrogens with zero attached hydrogens (tertiary/aromatic N) is 4. The summed E-state index contributed by atoms with van der Waals surface area (Å²) in [6.45, 7) is 3.24. The standard InChI is InChI=1S/C35H28N6O13S4.4Na.Y/c1-19-13-21(9-11-29(19)40-38-23-15-27-25(33(17-23)57(49,50)51)5-3-7-31(27)55(43,44)45)36-35(42)37-22-10-12-30(20(2)14-22)41-39-24-16-28-26(34(18-24)58(52,53)54)6-4-8-32(28)56(46,47)48;;;;;/h3-18H,1-2H3,(H2,36,37,42)(H,43,44,45)(H,46,47,48)(H,49,50,51)(H,52,53,54);;;;;/q;4*+1;/p-4. The van der Waals surface area contributed by atoms with Crippen molar-refractivity contribution in [3.8, 4) is 0 Å². The van der Waals surface area contributed by atoms with E-state index in [1.807, 2.05) is 0 Å². The molecule has 0 heterocycles. The fourth-order valence-corrected chi connectivity index (χ4v) is 8.58. The van der Waals surface area contributed by atoms with E-state index in [0.29, 0.717) is 22.5 Å². The number of urea groups is 1. The van der Waals surface area contributed by atoms with Crippen molar-refractivity contribution in [3.05, 3.63) is 108 Å². The summed E-state index contributed by atoms with van der Waals surface area (Å²) in [5.74, 6) is 0. The van der Waals surface area contributed by atoms with Crippen LogP contribution >= 0.6 is 0 Å². The van der Waals surface area contributed by atoms with Crippen molar-refractivity contribution in [2.75, 3.05) is 10.6 Å². The van der Waals surface area contributed by atoms with Gasteiger partial charge in [0.25, 0.3) is 0 Å². The van der Waals surface area contributed by atoms with Gasteiger partial charge in [-0.25, -0.2) is 38.5 Å². The van der Waals surface area contributed by atoms with Gasteiger partial charge in [0.2, 0.25) is 0 Å². The third-order valence-corrected chi connectivity index (χ3v) is 11.9. The number of hydrogen-bond acceptors (Lipinski definition) is 17. The molecule has 0 unspecified atom stereocenters. The minimum atomic E-state index is -5.13. The van der Waals surface area contributed by atoms with Gasteiger partial charge in [0.15, 0.2) is 0 Å². The van der Waals surface area contributed by atoms with Crippen LogP contribution in [0.1, 0.15) is 11.1 Å². The second kappa shape index (κ2) is 23.9. The molecule has 2 amide bonds. The minimum absolute atomic E-state index is 0. The Hall–Kier alpha value is -0.946. The van der Waals surface area contributed by atoms with E-state index in [9.17, 15) is 56.7 Å². The first-order valence-corrected chi connectivity index (χ1v) is 21.7. The number of carbonyl (C=O) groups is 1. The average molecular weight is 1050 g/mol. The fourth-order valence-electron chi connectivity index (χ4n) is 5.79. The molecule has 0 fully saturated rings. The largest absolute Gasteiger partial charge is 1.00 e. The summed E-state index contributed by atoms with van der Waals surface area (Å²) in [4.78, 5) is 9.76. The number of azo groups is 2. The SMILES string of the molecule is Cc1cc(NC(=O)Nc2ccc(N=Nc3cc(S(=O)(=O)[O-])c4cccc(S(=O)(=O)[O-])c4c3)c(C)c2)ccc1N=Nc1cc(S(=O)(=O)[O-])c2cccc(S(=O)(=O)[O-])c2c1.[Na+].[Na+].[Na+].[Na+].[Y]. The molecule has 28 heteroatoms. The van der Waals surface area contributed by atoms with E-state index in [4.69, 9.17) is 0 Å². The number of amides is 2. The number of carbonyl (C=O) groups excluding carboxylic acids is 1. The number of hydrogen-bond donors (Lipinski definition) is 2. The van der Waals surface area contributed by atoms with Crippen molar-refractivity contribution in [2.24, 2.45) is 20.5 Å². The monoisotopic (exact) mass is 1040 g/mol. The molecule has 0 spiro atoms. The third kappa shape index (κ3) is 15.0. The molecule has 0 saturated heterocycles. The topological polar surface area (TPSA) is 319 Å². The molecule has 2 N–H and O–H groups in total. The van der Waals surface area contributed by atoms with Gasteiger partial charge in [0, 0.05) is 65.6 Å². The van der Waals surface area contributed by atoms with Crippen molar-refractivity contribution in [3.63, 3.8) is 0 Å². The molecule has 0 atom stereocenters. The van der Waals surface area contributed by atoms with Crippen LogP contribution in [0.4, 0.5) is 38.9 Å². The Bertz CT molecular complexity index is 3040. The first-order chi connectivity index (χ1) is 27.0. The Morgan fingerprint density at radius 3 is 1.08 bits per heavy atom. The van der Waals surface area contributed by atoms with Crippen molar-refractivity contribution in [1.29, 1.82) is 0 Å². The summed E-state index contributed by atoms with van der Waals surface area (Å²) in [6.07, 6.45) is 0. The zero-order valence-electron chi connectivity index (χ0n) is 34.0. The summed E-state index contributed by atoms with van der Waals surface area (Å²) in [7, 11) is -20.4. The van der Waals surface area contributed by atoms with Crippen molar-refractivity contribution in [1.82, 2.24) is 0 Å². The average Bonchev–Trinajstić information content (AvgIpc) is 3.11. The number of aryl methyl sites for hydroxylation is 2. The number of anilines is 2. The van der Waals surface area contributed by atoms with E-state index in [1.54, 1.807) is 13.8 Å². The van der Waals surface area contributed by atoms with E-state index in [1.165, 1.54) is 48.5 Å². The van der Waals surface area contributed by atoms with Gasteiger partial charge in [0.05, 0.1) is 42.3 Å². The van der Waals surface area contributed by atoms with Gasteiger partial charge in [-0.05, 0) is 97.8 Å². The molecule has 0 saturated carbocycles. The van der Waals surface area contributed by atoms with Crippen LogP contribution in [-0.2, 0) is 73.2 Å². The number of rotatable bonds is 10. The van der Waals surface area contributed by atoms with Crippen LogP contribution in [0, 0.1) is 13.8 Å². The van der Waals surface area contributed by atoms with Gasteiger partial charge >= 0.3 is 124 Å². The smallest absolute Gasteiger partial charge is 0.744 e. The van der Waals surface area contributed by atoms with Crippen LogP contribution in [-0.4, -0.2) is 57.9 Å². The zero-order valence-corrected chi connectivity index (χ0v) is 48.1. The van der Waals surface area contributed by atoms with Gasteiger partial charge in [0.1, 0.15) is 40.5 Å². The second-order valence-corrected chi connectivity index (χ2v) is 17.8. The van der Waals surface area contributed by atoms with E-state index in [-0.39, 0.29) is 195 Å². The predicted molar refractivity (Wildman–Crippen MR) is 203 cm³/mol. The van der Waals surface area contributed by atoms with Gasteiger partial charge in [-0.3, -0.25) is 0 Å². The molecule has 19 nitrogen and oxygen atoms in total. The Morgan fingerprint density at radius 1 is 0.444 bits per heavy atom. The van der Waals surface area contributed by atoms with Crippen molar-refractivity contribution >= 4 is 102 Å². The van der Waals surface area contributed by atoms with Crippen molar-refractivity contribution in [2.45, 2.75) is 33.4 Å². The summed E-state index contributed by atoms with van der Waals surface area (Å²) < 4.78 is 143. The van der Waals surface area contributed by atoms with Crippen LogP contribution in [0.25, 0.3) is 21.5 Å². The molecule has 0 aliphatic carbocycles. The molecule has 0 aliphatic heterocycles. The molecule has 6 aromatic rings. The quantitative estimate of drug-likeness (QED) is 0.0737. The Kier molecular flexibility index (Phi) is 22.8. The van der Waals surface area contributed by atoms with Crippen molar-refractivity contribution < 1.29 is 208 Å². The number of fused-ring (bicyclic) bond motifs is 2. The molecule has 6 aromatic carbocycles. The van der Waals surface area contributed by atoms with E-state index >= 15 is 0 Å². The molecule has 303 valence electrons.